The van der Waals surface area contributed by atoms with Gasteiger partial charge in [-0.3, -0.25) is 4.98 Å². The Morgan fingerprint density at radius 2 is 2.18 bits per heavy atom. The summed E-state index contributed by atoms with van der Waals surface area (Å²) in [5.41, 5.74) is 0. The van der Waals surface area contributed by atoms with E-state index in [4.69, 9.17) is 0 Å². The second-order valence-corrected chi connectivity index (χ2v) is 2.30. The Morgan fingerprint density at radius 3 is 3.00 bits per heavy atom. The number of phenolic OH excluding ortho intramolecular Hbond substituents is 1. The van der Waals surface area contributed by atoms with Gasteiger partial charge in [-0.2, -0.15) is 0 Å². The Balaban J connectivity index is 2.91. The molecular weight excluding hydrogens is 138 g/mol. The van der Waals surface area contributed by atoms with Crippen molar-refractivity contribution in [3.8, 4) is 5.75 Å². The predicted molar refractivity (Wildman–Crippen MR) is 42.2 cm³/mol. The first-order valence-electron chi connectivity index (χ1n) is 3.32. The van der Waals surface area contributed by atoms with Gasteiger partial charge < -0.3 is 5.11 Å². The van der Waals surface area contributed by atoms with Crippen molar-refractivity contribution in [2.45, 2.75) is 0 Å². The topological polar surface area (TPSA) is 33.1 Å². The van der Waals surface area contributed by atoms with Crippen LogP contribution in [0.3, 0.4) is 0 Å². The molecule has 11 heavy (non-hydrogen) atoms. The molecule has 0 unspecified atom stereocenters. The highest BCUT2D eigenvalue weighted by Crippen LogP contribution is 2.21. The van der Waals surface area contributed by atoms with Gasteiger partial charge in [0.25, 0.3) is 0 Å². The third-order valence-electron chi connectivity index (χ3n) is 1.58. The first-order valence-corrected chi connectivity index (χ1v) is 3.32. The van der Waals surface area contributed by atoms with Gasteiger partial charge >= 0.3 is 0 Å². The van der Waals surface area contributed by atoms with Gasteiger partial charge in [-0.1, -0.05) is 12.1 Å². The fraction of sp³-hybridized carbons (Fsp3) is 0. The van der Waals surface area contributed by atoms with Crippen molar-refractivity contribution >= 4 is 10.8 Å². The summed E-state index contributed by atoms with van der Waals surface area (Å²) in [6.07, 6.45) is 4.37. The zero-order valence-electron chi connectivity index (χ0n) is 5.78. The van der Waals surface area contributed by atoms with E-state index in [1.807, 2.05) is 12.1 Å². The normalized spacial score (nSPS) is 10.2. The number of phenols is 1. The number of rotatable bonds is 0. The minimum atomic E-state index is 0.232. The Morgan fingerprint density at radius 1 is 1.27 bits per heavy atom. The van der Waals surface area contributed by atoms with E-state index in [9.17, 15) is 5.11 Å². The lowest BCUT2D eigenvalue weighted by Crippen LogP contribution is -1.75. The first kappa shape index (κ1) is 6.16. The van der Waals surface area contributed by atoms with Crippen LogP contribution < -0.4 is 0 Å². The highest BCUT2D eigenvalue weighted by atomic mass is 16.3. The van der Waals surface area contributed by atoms with Gasteiger partial charge in [-0.05, 0) is 17.5 Å². The van der Waals surface area contributed by atoms with E-state index in [1.54, 1.807) is 18.3 Å². The van der Waals surface area contributed by atoms with Crippen LogP contribution in [0, 0.1) is 6.20 Å². The van der Waals surface area contributed by atoms with Crippen LogP contribution in [0.1, 0.15) is 0 Å². The van der Waals surface area contributed by atoms with Crippen LogP contribution in [0.25, 0.3) is 10.8 Å². The van der Waals surface area contributed by atoms with Crippen LogP contribution in [-0.4, -0.2) is 10.1 Å². The van der Waals surface area contributed by atoms with E-state index in [-0.39, 0.29) is 5.75 Å². The number of aromatic nitrogens is 1. The van der Waals surface area contributed by atoms with Crippen molar-refractivity contribution in [1.29, 1.82) is 0 Å². The fourth-order valence-electron chi connectivity index (χ4n) is 1.04. The number of nitrogens with zero attached hydrogens (tertiary/aromatic N) is 1. The minimum Gasteiger partial charge on any atom is -0.507 e. The summed E-state index contributed by atoms with van der Waals surface area (Å²) in [6, 6.07) is 7.17. The Bertz CT molecular complexity index is 379. The number of benzene rings is 1. The summed E-state index contributed by atoms with van der Waals surface area (Å²) in [4.78, 5) is 3.79. The van der Waals surface area contributed by atoms with E-state index in [0.29, 0.717) is 5.39 Å². The largest absolute Gasteiger partial charge is 0.507 e. The molecule has 0 bridgehead atoms. The number of pyridine rings is 1. The molecule has 0 aliphatic carbocycles. The third kappa shape index (κ3) is 0.923. The molecule has 2 rings (SSSR count). The maximum Gasteiger partial charge on any atom is 0.125 e. The molecule has 2 heteroatoms. The van der Waals surface area contributed by atoms with Gasteiger partial charge in [0.1, 0.15) is 11.9 Å². The second kappa shape index (κ2) is 2.23. The molecule has 1 radical (unpaired) electrons. The van der Waals surface area contributed by atoms with Gasteiger partial charge in [0.15, 0.2) is 0 Å². The molecule has 0 saturated heterocycles. The van der Waals surface area contributed by atoms with Crippen molar-refractivity contribution < 1.29 is 5.11 Å². The second-order valence-electron chi connectivity index (χ2n) is 2.30. The zero-order chi connectivity index (χ0) is 7.68. The number of aromatic hydroxyl groups is 1. The van der Waals surface area contributed by atoms with Gasteiger partial charge in [-0.15, -0.1) is 0 Å². The summed E-state index contributed by atoms with van der Waals surface area (Å²) in [7, 11) is 0. The zero-order valence-corrected chi connectivity index (χ0v) is 5.78. The Hall–Kier alpha value is -1.57. The molecule has 53 valence electrons. The maximum absolute atomic E-state index is 9.30. The van der Waals surface area contributed by atoms with Crippen LogP contribution in [-0.2, 0) is 0 Å². The van der Waals surface area contributed by atoms with Gasteiger partial charge in [0, 0.05) is 6.20 Å². The molecular formula is C9H6NO. The Labute approximate surface area is 64.1 Å². The molecule has 1 aromatic carbocycles. The van der Waals surface area contributed by atoms with Crippen molar-refractivity contribution in [3.63, 3.8) is 0 Å². The predicted octanol–water partition coefficient (Wildman–Crippen LogP) is 1.74. The average molecular weight is 144 g/mol. The monoisotopic (exact) mass is 144 g/mol. The fourth-order valence-corrected chi connectivity index (χ4v) is 1.04. The van der Waals surface area contributed by atoms with Crippen LogP contribution in [0.15, 0.2) is 30.5 Å². The van der Waals surface area contributed by atoms with E-state index in [2.05, 4.69) is 11.2 Å². The summed E-state index contributed by atoms with van der Waals surface area (Å²) in [5.74, 6) is 0.232. The molecule has 0 fully saturated rings. The molecule has 1 aromatic heterocycles. The first-order chi connectivity index (χ1) is 5.38. The van der Waals surface area contributed by atoms with Crippen molar-refractivity contribution in [3.05, 3.63) is 36.7 Å². The van der Waals surface area contributed by atoms with Gasteiger partial charge in [-0.25, -0.2) is 0 Å². The van der Waals surface area contributed by atoms with E-state index in [0.717, 1.165) is 5.39 Å². The molecule has 0 atom stereocenters. The lowest BCUT2D eigenvalue weighted by molar-refractivity contribution is 0.481. The van der Waals surface area contributed by atoms with E-state index < -0.39 is 0 Å². The summed E-state index contributed by atoms with van der Waals surface area (Å²) in [6.45, 7) is 0. The highest BCUT2D eigenvalue weighted by molar-refractivity contribution is 5.86. The smallest absolute Gasteiger partial charge is 0.125 e. The standard InChI is InChI=1S/C9H6NO/c11-9-3-1-2-7-4-5-10-6-8(7)9/h1-5,11H. The quantitative estimate of drug-likeness (QED) is 0.611. The maximum atomic E-state index is 9.30. The number of fused-ring (bicyclic) bond motifs is 1. The van der Waals surface area contributed by atoms with E-state index in [1.165, 1.54) is 0 Å². The number of hydrogen-bond donors (Lipinski definition) is 1. The molecule has 0 amide bonds. The van der Waals surface area contributed by atoms with Crippen molar-refractivity contribution in [2.75, 3.05) is 0 Å². The molecule has 0 spiro atoms. The summed E-state index contributed by atoms with van der Waals surface area (Å²) < 4.78 is 0. The van der Waals surface area contributed by atoms with Gasteiger partial charge in [0.05, 0.1) is 5.39 Å². The lowest BCUT2D eigenvalue weighted by atomic mass is 10.2. The molecule has 0 saturated carbocycles. The molecule has 1 heterocycles. The van der Waals surface area contributed by atoms with Crippen LogP contribution in [0.5, 0.6) is 5.75 Å². The van der Waals surface area contributed by atoms with Crippen molar-refractivity contribution in [1.82, 2.24) is 4.98 Å². The third-order valence-corrected chi connectivity index (χ3v) is 1.58. The van der Waals surface area contributed by atoms with E-state index >= 15 is 0 Å². The van der Waals surface area contributed by atoms with Crippen LogP contribution in [0.4, 0.5) is 0 Å². The molecule has 0 aliphatic rings. The highest BCUT2D eigenvalue weighted by Gasteiger charge is 1.96. The van der Waals surface area contributed by atoms with Gasteiger partial charge in [0.2, 0.25) is 0 Å². The minimum absolute atomic E-state index is 0.232. The van der Waals surface area contributed by atoms with Crippen molar-refractivity contribution in [2.24, 2.45) is 0 Å². The number of hydrogen-bond acceptors (Lipinski definition) is 2. The molecule has 1 N–H and O–H groups in total. The lowest BCUT2D eigenvalue weighted by Gasteiger charge is -1.96. The van der Waals surface area contributed by atoms with Crippen LogP contribution >= 0.6 is 0 Å². The van der Waals surface area contributed by atoms with Crippen LogP contribution in [0.2, 0.25) is 0 Å². The SMILES string of the molecule is Oc1cccc2ccn[c]c12. The average Bonchev–Trinajstić information content (AvgIpc) is 2.06. The molecule has 0 aliphatic heterocycles. The molecule has 2 nitrogen and oxygen atoms in total. The summed E-state index contributed by atoms with van der Waals surface area (Å²) >= 11 is 0. The Kier molecular flexibility index (Phi) is 1.25. The molecule has 2 aromatic rings. The summed E-state index contributed by atoms with van der Waals surface area (Å²) in [5, 5.41) is 10.9.